The molecule has 1 aliphatic rings. The van der Waals surface area contributed by atoms with E-state index < -0.39 is 18.0 Å². The highest BCUT2D eigenvalue weighted by molar-refractivity contribution is 5.99. The molecular weight excluding hydrogens is 296 g/mol. The first kappa shape index (κ1) is 15.9. The Morgan fingerprint density at radius 2 is 1.96 bits per heavy atom. The first-order chi connectivity index (χ1) is 11.1. The molecule has 2 atom stereocenters. The molecule has 122 valence electrons. The van der Waals surface area contributed by atoms with E-state index in [-0.39, 0.29) is 12.4 Å². The van der Waals surface area contributed by atoms with Crippen molar-refractivity contribution in [3.63, 3.8) is 0 Å². The summed E-state index contributed by atoms with van der Waals surface area (Å²) < 4.78 is 22.3. The second-order valence-electron chi connectivity index (χ2n) is 5.97. The minimum atomic E-state index is -0.815. The second kappa shape index (κ2) is 6.66. The third kappa shape index (κ3) is 3.88. The Balaban J connectivity index is 1.62. The molecule has 2 heterocycles. The van der Waals surface area contributed by atoms with Gasteiger partial charge in [-0.1, -0.05) is 30.3 Å². The zero-order valence-electron chi connectivity index (χ0n) is 13.2. The zero-order chi connectivity index (χ0) is 16.3. The lowest BCUT2D eigenvalue weighted by atomic mass is 10.1. The Bertz CT molecular complexity index is 633. The monoisotopic (exact) mass is 316 g/mol. The van der Waals surface area contributed by atoms with Crippen LogP contribution in [0, 0.1) is 0 Å². The number of hydrogen-bond donors (Lipinski definition) is 0. The van der Waals surface area contributed by atoms with Crippen molar-refractivity contribution < 1.29 is 23.4 Å². The van der Waals surface area contributed by atoms with Gasteiger partial charge in [0, 0.05) is 0 Å². The molecule has 23 heavy (non-hydrogen) atoms. The van der Waals surface area contributed by atoms with Gasteiger partial charge in [-0.15, -0.1) is 0 Å². The summed E-state index contributed by atoms with van der Waals surface area (Å²) in [5.41, 5.74) is 1.55. The third-order valence-corrected chi connectivity index (χ3v) is 3.64. The normalized spacial score (nSPS) is 23.0. The molecule has 1 aromatic carbocycles. The van der Waals surface area contributed by atoms with Crippen molar-refractivity contribution >= 4 is 5.78 Å². The lowest BCUT2D eigenvalue weighted by Crippen LogP contribution is -2.34. The molecule has 2 aromatic rings. The van der Waals surface area contributed by atoms with Crippen molar-refractivity contribution in [2.45, 2.75) is 38.4 Å². The van der Waals surface area contributed by atoms with Gasteiger partial charge in [-0.25, -0.2) is 0 Å². The maximum atomic E-state index is 12.5. The Morgan fingerprint density at radius 1 is 1.17 bits per heavy atom. The lowest BCUT2D eigenvalue weighted by molar-refractivity contribution is -0.148. The van der Waals surface area contributed by atoms with E-state index in [9.17, 15) is 4.79 Å². The van der Waals surface area contributed by atoms with E-state index in [4.69, 9.17) is 18.6 Å². The molecule has 0 amide bonds. The largest absolute Gasteiger partial charge is 0.472 e. The third-order valence-electron chi connectivity index (χ3n) is 3.64. The van der Waals surface area contributed by atoms with Crippen LogP contribution in [0.3, 0.4) is 0 Å². The van der Waals surface area contributed by atoms with Crippen LogP contribution >= 0.6 is 0 Å². The Hall–Kier alpha value is -1.95. The first-order valence-electron chi connectivity index (χ1n) is 7.59. The van der Waals surface area contributed by atoms with Crippen LogP contribution in [-0.4, -0.2) is 30.4 Å². The van der Waals surface area contributed by atoms with Gasteiger partial charge in [-0.2, -0.15) is 0 Å². The van der Waals surface area contributed by atoms with Crippen LogP contribution in [0.4, 0.5) is 0 Å². The minimum Gasteiger partial charge on any atom is -0.472 e. The summed E-state index contributed by atoms with van der Waals surface area (Å²) in [5, 5.41) is 0. The van der Waals surface area contributed by atoms with Gasteiger partial charge in [0.05, 0.1) is 25.0 Å². The van der Waals surface area contributed by atoms with E-state index in [1.54, 1.807) is 19.9 Å². The number of hydrogen-bond acceptors (Lipinski definition) is 5. The van der Waals surface area contributed by atoms with Crippen LogP contribution in [0.5, 0.6) is 0 Å². The van der Waals surface area contributed by atoms with Gasteiger partial charge in [0.15, 0.2) is 17.7 Å². The van der Waals surface area contributed by atoms with Crippen LogP contribution < -0.4 is 0 Å². The zero-order valence-corrected chi connectivity index (χ0v) is 13.2. The summed E-state index contributed by atoms with van der Waals surface area (Å²) in [6, 6.07) is 11.5. The molecule has 0 unspecified atom stereocenters. The highest BCUT2D eigenvalue weighted by Gasteiger charge is 2.45. The summed E-state index contributed by atoms with van der Waals surface area (Å²) in [5.74, 6) is -0.970. The summed E-state index contributed by atoms with van der Waals surface area (Å²) >= 11 is 0. The average molecular weight is 316 g/mol. The van der Waals surface area contributed by atoms with E-state index >= 15 is 0 Å². The topological polar surface area (TPSA) is 57.9 Å². The summed E-state index contributed by atoms with van der Waals surface area (Å²) in [6.07, 6.45) is 1.74. The molecule has 0 aliphatic carbocycles. The van der Waals surface area contributed by atoms with Crippen molar-refractivity contribution in [1.82, 2.24) is 0 Å². The number of rotatable bonds is 6. The fourth-order valence-corrected chi connectivity index (χ4v) is 2.62. The highest BCUT2D eigenvalue weighted by Crippen LogP contribution is 2.30. The number of furan rings is 1. The molecule has 1 fully saturated rings. The smallest absolute Gasteiger partial charge is 0.197 e. The van der Waals surface area contributed by atoms with Crippen LogP contribution in [0.1, 0.15) is 29.8 Å². The quantitative estimate of drug-likeness (QED) is 0.766. The summed E-state index contributed by atoms with van der Waals surface area (Å²) in [7, 11) is 0. The van der Waals surface area contributed by atoms with E-state index in [1.807, 2.05) is 30.3 Å². The Kier molecular flexibility index (Phi) is 4.61. The Labute approximate surface area is 135 Å². The van der Waals surface area contributed by atoms with Gasteiger partial charge >= 0.3 is 0 Å². The Morgan fingerprint density at radius 3 is 2.65 bits per heavy atom. The highest BCUT2D eigenvalue weighted by atomic mass is 16.8. The van der Waals surface area contributed by atoms with Crippen LogP contribution in [-0.2, 0) is 20.8 Å². The molecule has 1 saturated heterocycles. The second-order valence-corrected chi connectivity index (χ2v) is 5.97. The van der Waals surface area contributed by atoms with Crippen LogP contribution in [0.25, 0.3) is 0 Å². The predicted octanol–water partition coefficient (Wildman–Crippen LogP) is 3.20. The molecule has 0 N–H and O–H groups in total. The standard InChI is InChI=1S/C18H20O5/c1-18(2)22-15(12-21-10-13-6-4-3-5-7-13)17(23-18)16(19)14-8-9-20-11-14/h3-9,11,15,17H,10,12H2,1-2H3/t15-,17+/m0/s1. The van der Waals surface area contributed by atoms with Crippen LogP contribution in [0.15, 0.2) is 53.3 Å². The van der Waals surface area contributed by atoms with Gasteiger partial charge in [0.1, 0.15) is 12.4 Å². The first-order valence-corrected chi connectivity index (χ1v) is 7.59. The van der Waals surface area contributed by atoms with Gasteiger partial charge in [-0.05, 0) is 25.5 Å². The molecule has 0 radical (unpaired) electrons. The molecule has 3 rings (SSSR count). The number of carbonyl (C=O) groups excluding carboxylic acids is 1. The number of carbonyl (C=O) groups is 1. The van der Waals surface area contributed by atoms with E-state index in [0.717, 1.165) is 5.56 Å². The fraction of sp³-hybridized carbons (Fsp3) is 0.389. The maximum Gasteiger partial charge on any atom is 0.197 e. The van der Waals surface area contributed by atoms with Crippen molar-refractivity contribution in [2.24, 2.45) is 0 Å². The van der Waals surface area contributed by atoms with Gasteiger partial charge in [0.2, 0.25) is 0 Å². The molecule has 0 saturated carbocycles. The lowest BCUT2D eigenvalue weighted by Gasteiger charge is -2.16. The maximum absolute atomic E-state index is 12.5. The predicted molar refractivity (Wildman–Crippen MR) is 83.0 cm³/mol. The van der Waals surface area contributed by atoms with Gasteiger partial charge in [-0.3, -0.25) is 4.79 Å². The number of ether oxygens (including phenoxy) is 3. The molecule has 0 bridgehead atoms. The number of ketones is 1. The van der Waals surface area contributed by atoms with Crippen molar-refractivity contribution in [3.05, 3.63) is 60.1 Å². The van der Waals surface area contributed by atoms with E-state index in [2.05, 4.69) is 0 Å². The summed E-state index contributed by atoms with van der Waals surface area (Å²) in [6.45, 7) is 4.33. The van der Waals surface area contributed by atoms with Crippen molar-refractivity contribution in [1.29, 1.82) is 0 Å². The van der Waals surface area contributed by atoms with Crippen molar-refractivity contribution in [2.75, 3.05) is 6.61 Å². The van der Waals surface area contributed by atoms with Gasteiger partial charge in [0.25, 0.3) is 0 Å². The number of Topliss-reactive ketones (excluding diaryl/α,β-unsaturated/α-hetero) is 1. The SMILES string of the molecule is CC1(C)O[C@@H](COCc2ccccc2)[C@H](C(=O)c2ccoc2)O1. The average Bonchev–Trinajstić information content (AvgIpc) is 3.15. The van der Waals surface area contributed by atoms with E-state index in [0.29, 0.717) is 12.2 Å². The van der Waals surface area contributed by atoms with E-state index in [1.165, 1.54) is 12.5 Å². The number of benzene rings is 1. The molecule has 0 spiro atoms. The van der Waals surface area contributed by atoms with Crippen LogP contribution in [0.2, 0.25) is 0 Å². The minimum absolute atomic E-state index is 0.155. The fourth-order valence-electron chi connectivity index (χ4n) is 2.62. The molecular formula is C18H20O5. The van der Waals surface area contributed by atoms with Crippen molar-refractivity contribution in [3.8, 4) is 0 Å². The molecule has 5 nitrogen and oxygen atoms in total. The molecule has 1 aromatic heterocycles. The summed E-state index contributed by atoms with van der Waals surface area (Å²) in [4.78, 5) is 12.5. The molecule has 5 heteroatoms. The molecule has 1 aliphatic heterocycles. The van der Waals surface area contributed by atoms with Gasteiger partial charge < -0.3 is 18.6 Å².